The largest absolute Gasteiger partial charge is 0.424 e. The molecule has 1 fully saturated rings. The molecule has 10 heteroatoms. The zero-order valence-electron chi connectivity index (χ0n) is 20.1. The van der Waals surface area contributed by atoms with Gasteiger partial charge in [-0.3, -0.25) is 9.69 Å². The number of rotatable bonds is 6. The van der Waals surface area contributed by atoms with E-state index in [-0.39, 0.29) is 11.3 Å². The minimum Gasteiger partial charge on any atom is -0.379 e. The number of hydrogen-bond donors (Lipinski definition) is 2. The van der Waals surface area contributed by atoms with Crippen LogP contribution in [-0.2, 0) is 10.9 Å². The summed E-state index contributed by atoms with van der Waals surface area (Å²) in [6, 6.07) is 11.2. The van der Waals surface area contributed by atoms with Crippen molar-refractivity contribution >= 4 is 17.5 Å². The van der Waals surface area contributed by atoms with Crippen LogP contribution in [0.1, 0.15) is 32.6 Å². The van der Waals surface area contributed by atoms with Crippen LogP contribution in [0.15, 0.2) is 42.7 Å². The summed E-state index contributed by atoms with van der Waals surface area (Å²) in [6.07, 6.45) is -1.35. The number of amides is 1. The lowest BCUT2D eigenvalue weighted by Crippen LogP contribution is -2.39. The summed E-state index contributed by atoms with van der Waals surface area (Å²) >= 11 is 0. The van der Waals surface area contributed by atoms with Gasteiger partial charge in [0.05, 0.1) is 24.5 Å². The first-order valence-corrected chi connectivity index (χ1v) is 11.6. The monoisotopic (exact) mass is 507 g/mol. The van der Waals surface area contributed by atoms with E-state index < -0.39 is 17.6 Å². The predicted octanol–water partition coefficient (Wildman–Crippen LogP) is 3.80. The van der Waals surface area contributed by atoms with Gasteiger partial charge in [0.25, 0.3) is 5.91 Å². The van der Waals surface area contributed by atoms with Gasteiger partial charge in [-0.25, -0.2) is 9.97 Å². The van der Waals surface area contributed by atoms with Crippen LogP contribution in [0.4, 0.5) is 24.8 Å². The Morgan fingerprint density at radius 1 is 1.16 bits per heavy atom. The maximum atomic E-state index is 12.9. The maximum absolute atomic E-state index is 12.9. The van der Waals surface area contributed by atoms with Crippen LogP contribution in [0.5, 0.6) is 0 Å². The molecular weight excluding hydrogens is 483 g/mol. The normalized spacial score (nSPS) is 13.7. The van der Waals surface area contributed by atoms with Crippen LogP contribution in [0.2, 0.25) is 0 Å². The standard InChI is InChI=1S/C27H24F3N5O2/c1-19-5-7-22(25(36)34-24-4-2-3-23(16-24)27(28,29)30)15-21(19)8-6-20-17-32-26(33-18-20)31-9-10-35-11-13-37-14-12-35/h4-5,7,15-18H,9-14H2,1H3,(H,34,36)(H,31,32,33). The lowest BCUT2D eigenvalue weighted by molar-refractivity contribution is -0.137. The summed E-state index contributed by atoms with van der Waals surface area (Å²) in [7, 11) is 0. The highest BCUT2D eigenvalue weighted by atomic mass is 19.4. The minimum absolute atomic E-state index is 0.0277. The molecule has 2 N–H and O–H groups in total. The van der Waals surface area contributed by atoms with Gasteiger partial charge in [0.2, 0.25) is 5.95 Å². The number of nitrogens with zero attached hydrogens (tertiary/aromatic N) is 3. The van der Waals surface area contributed by atoms with Crippen LogP contribution < -0.4 is 10.6 Å². The van der Waals surface area contributed by atoms with Gasteiger partial charge in [0.1, 0.15) is 5.56 Å². The molecule has 3 aromatic rings. The second-order valence-corrected chi connectivity index (χ2v) is 8.33. The summed E-state index contributed by atoms with van der Waals surface area (Å²) in [5, 5.41) is 5.65. The number of hydrogen-bond acceptors (Lipinski definition) is 6. The molecule has 0 radical (unpaired) electrons. The fraction of sp³-hybridized carbons (Fsp3) is 0.296. The molecule has 0 unspecified atom stereocenters. The number of morpholine rings is 1. The Morgan fingerprint density at radius 3 is 2.65 bits per heavy atom. The van der Waals surface area contributed by atoms with Crippen LogP contribution in [0.3, 0.4) is 0 Å². The molecule has 37 heavy (non-hydrogen) atoms. The molecule has 1 aromatic heterocycles. The molecule has 0 aliphatic carbocycles. The summed E-state index contributed by atoms with van der Waals surface area (Å²) in [6.45, 7) is 6.79. The van der Waals surface area contributed by atoms with Crippen molar-refractivity contribution in [2.45, 2.75) is 13.1 Å². The zero-order valence-corrected chi connectivity index (χ0v) is 20.1. The van der Waals surface area contributed by atoms with Gasteiger partial charge >= 0.3 is 6.18 Å². The van der Waals surface area contributed by atoms with Crippen LogP contribution in [0, 0.1) is 30.9 Å². The lowest BCUT2D eigenvalue weighted by atomic mass is 10.0. The number of nitrogens with one attached hydrogen (secondary N) is 2. The van der Waals surface area contributed by atoms with Crippen LogP contribution in [0.25, 0.3) is 0 Å². The van der Waals surface area contributed by atoms with E-state index >= 15 is 0 Å². The zero-order chi connectivity index (χ0) is 26.3. The third kappa shape index (κ3) is 7.43. The van der Waals surface area contributed by atoms with E-state index in [1.165, 1.54) is 6.07 Å². The number of anilines is 2. The average Bonchev–Trinajstić information content (AvgIpc) is 2.89. The molecule has 1 aliphatic rings. The van der Waals surface area contributed by atoms with E-state index in [4.69, 9.17) is 4.74 Å². The first-order chi connectivity index (χ1) is 17.8. The lowest BCUT2D eigenvalue weighted by Gasteiger charge is -2.26. The SMILES string of the molecule is Cc1ccc(C(=O)Nc2cc#cc(C(F)(F)F)c2)cc1C#Cc1cnc(NCCN2CCOCC2)nc1. The Morgan fingerprint density at radius 2 is 1.92 bits per heavy atom. The number of benzene rings is 1. The molecule has 0 atom stereocenters. The van der Waals surface area contributed by atoms with Crippen molar-refractivity contribution in [2.75, 3.05) is 50.0 Å². The average molecular weight is 508 g/mol. The van der Waals surface area contributed by atoms with Crippen molar-refractivity contribution < 1.29 is 22.7 Å². The van der Waals surface area contributed by atoms with Crippen molar-refractivity contribution in [1.82, 2.24) is 14.9 Å². The number of halogens is 3. The van der Waals surface area contributed by atoms with Gasteiger partial charge in [-0.2, -0.15) is 13.2 Å². The molecule has 1 aliphatic heterocycles. The first-order valence-electron chi connectivity index (χ1n) is 11.6. The fourth-order valence-corrected chi connectivity index (χ4v) is 3.52. The highest BCUT2D eigenvalue weighted by molar-refractivity contribution is 6.04. The van der Waals surface area contributed by atoms with Crippen molar-refractivity contribution in [3.05, 3.63) is 82.7 Å². The van der Waals surface area contributed by atoms with Gasteiger partial charge in [-0.1, -0.05) is 30.0 Å². The smallest absolute Gasteiger partial charge is 0.379 e. The Balaban J connectivity index is 1.38. The Hall–Kier alpha value is -4.12. The topological polar surface area (TPSA) is 79.4 Å². The Kier molecular flexibility index (Phi) is 8.24. The minimum atomic E-state index is -4.58. The third-order valence-corrected chi connectivity index (χ3v) is 5.61. The predicted molar refractivity (Wildman–Crippen MR) is 132 cm³/mol. The highest BCUT2D eigenvalue weighted by Crippen LogP contribution is 2.29. The number of alkyl halides is 3. The fourth-order valence-electron chi connectivity index (χ4n) is 3.52. The number of carbonyl (C=O) groups is 1. The summed E-state index contributed by atoms with van der Waals surface area (Å²) in [5.41, 5.74) is 1.26. The van der Waals surface area contributed by atoms with E-state index in [1.54, 1.807) is 30.6 Å². The van der Waals surface area contributed by atoms with E-state index in [1.807, 2.05) is 13.0 Å². The van der Waals surface area contributed by atoms with E-state index in [2.05, 4.69) is 43.4 Å². The molecule has 0 spiro atoms. The molecule has 7 nitrogen and oxygen atoms in total. The molecule has 4 rings (SSSR count). The molecule has 190 valence electrons. The highest BCUT2D eigenvalue weighted by Gasteiger charge is 2.31. The summed E-state index contributed by atoms with van der Waals surface area (Å²) in [4.78, 5) is 23.5. The molecular formula is C27H24F3N5O2. The molecule has 2 heterocycles. The van der Waals surface area contributed by atoms with Crippen LogP contribution in [-0.4, -0.2) is 60.2 Å². The van der Waals surface area contributed by atoms with Gasteiger partial charge in [0, 0.05) is 55.8 Å². The number of carbonyl (C=O) groups excluding carboxylic acids is 1. The molecule has 0 saturated carbocycles. The maximum Gasteiger partial charge on any atom is 0.424 e. The van der Waals surface area contributed by atoms with Crippen molar-refractivity contribution in [1.29, 1.82) is 0 Å². The van der Waals surface area contributed by atoms with Crippen molar-refractivity contribution in [3.8, 4) is 11.8 Å². The van der Waals surface area contributed by atoms with Gasteiger partial charge in [0.15, 0.2) is 0 Å². The number of ether oxygens (including phenoxy) is 1. The van der Waals surface area contributed by atoms with E-state index in [0.717, 1.165) is 51.0 Å². The summed E-state index contributed by atoms with van der Waals surface area (Å²) in [5.74, 6) is 5.95. The van der Waals surface area contributed by atoms with Crippen molar-refractivity contribution in [2.24, 2.45) is 0 Å². The first kappa shape index (κ1) is 26.0. The van der Waals surface area contributed by atoms with E-state index in [9.17, 15) is 18.0 Å². The van der Waals surface area contributed by atoms with E-state index in [0.29, 0.717) is 17.1 Å². The molecule has 1 saturated heterocycles. The number of aromatic nitrogens is 2. The Bertz CT molecular complexity index is 1290. The third-order valence-electron chi connectivity index (χ3n) is 5.61. The second kappa shape index (κ2) is 11.7. The van der Waals surface area contributed by atoms with Crippen molar-refractivity contribution in [3.63, 3.8) is 0 Å². The number of aryl methyl sites for hydroxylation is 1. The van der Waals surface area contributed by atoms with Crippen LogP contribution >= 0.6 is 0 Å². The molecule has 1 amide bonds. The van der Waals surface area contributed by atoms with Gasteiger partial charge in [-0.05, 0) is 30.7 Å². The quantitative estimate of drug-likeness (QED) is 0.495. The second-order valence-electron chi connectivity index (χ2n) is 8.33. The molecule has 2 aromatic carbocycles. The van der Waals surface area contributed by atoms with Gasteiger partial charge in [-0.15, -0.1) is 0 Å². The van der Waals surface area contributed by atoms with Gasteiger partial charge < -0.3 is 15.4 Å². The summed E-state index contributed by atoms with van der Waals surface area (Å²) < 4.78 is 44.0. The Labute approximate surface area is 213 Å². The molecule has 0 bridgehead atoms.